The second kappa shape index (κ2) is 7.12. The zero-order valence-corrected chi connectivity index (χ0v) is 11.2. The maximum absolute atomic E-state index is 11.7. The summed E-state index contributed by atoms with van der Waals surface area (Å²) in [5, 5.41) is 3.52. The summed E-state index contributed by atoms with van der Waals surface area (Å²) in [6, 6.07) is 0. The number of thioether (sulfide) groups is 1. The SMILES string of the molecule is CCOC(=O)C(C)(CC(C)SCC)NC. The standard InChI is InChI=1S/C11H23NO2S/c1-6-14-10(13)11(4,12-5)8-9(3)15-7-2/h9,12H,6-8H2,1-5H3. The molecule has 0 rings (SSSR count). The van der Waals surface area contributed by atoms with Crippen LogP contribution in [-0.4, -0.2) is 36.2 Å². The fourth-order valence-corrected chi connectivity index (χ4v) is 2.52. The molecule has 15 heavy (non-hydrogen) atoms. The minimum atomic E-state index is -0.558. The summed E-state index contributed by atoms with van der Waals surface area (Å²) in [5.41, 5.74) is -0.558. The van der Waals surface area contributed by atoms with Gasteiger partial charge in [-0.25, -0.2) is 0 Å². The number of rotatable bonds is 7. The van der Waals surface area contributed by atoms with Crippen molar-refractivity contribution in [2.75, 3.05) is 19.4 Å². The van der Waals surface area contributed by atoms with Gasteiger partial charge in [0.25, 0.3) is 0 Å². The molecule has 4 heteroatoms. The fourth-order valence-electron chi connectivity index (χ4n) is 1.50. The Labute approximate surface area is 97.3 Å². The van der Waals surface area contributed by atoms with Crippen LogP contribution in [0.5, 0.6) is 0 Å². The van der Waals surface area contributed by atoms with Crippen LogP contribution in [0.2, 0.25) is 0 Å². The first-order valence-electron chi connectivity index (χ1n) is 5.47. The lowest BCUT2D eigenvalue weighted by Gasteiger charge is -2.29. The van der Waals surface area contributed by atoms with Gasteiger partial charge in [-0.05, 0) is 33.1 Å². The molecule has 3 nitrogen and oxygen atoms in total. The molecule has 0 aliphatic heterocycles. The van der Waals surface area contributed by atoms with Crippen molar-refractivity contribution in [3.63, 3.8) is 0 Å². The number of hydrogen-bond donors (Lipinski definition) is 1. The second-order valence-corrected chi connectivity index (χ2v) is 5.49. The van der Waals surface area contributed by atoms with Crippen molar-refractivity contribution in [2.24, 2.45) is 0 Å². The van der Waals surface area contributed by atoms with Crippen LogP contribution in [0, 0.1) is 0 Å². The largest absolute Gasteiger partial charge is 0.465 e. The predicted molar refractivity (Wildman–Crippen MR) is 66.3 cm³/mol. The van der Waals surface area contributed by atoms with Gasteiger partial charge >= 0.3 is 5.97 Å². The summed E-state index contributed by atoms with van der Waals surface area (Å²) in [6.07, 6.45) is 0.792. The summed E-state index contributed by atoms with van der Waals surface area (Å²) >= 11 is 1.86. The zero-order valence-electron chi connectivity index (χ0n) is 10.4. The third-order valence-electron chi connectivity index (χ3n) is 2.42. The summed E-state index contributed by atoms with van der Waals surface area (Å²) in [6.45, 7) is 8.44. The van der Waals surface area contributed by atoms with Gasteiger partial charge in [0, 0.05) is 5.25 Å². The van der Waals surface area contributed by atoms with E-state index in [9.17, 15) is 4.79 Å². The van der Waals surface area contributed by atoms with Crippen LogP contribution in [0.15, 0.2) is 0 Å². The Balaban J connectivity index is 4.35. The van der Waals surface area contributed by atoms with Gasteiger partial charge in [0.1, 0.15) is 5.54 Å². The molecule has 0 spiro atoms. The highest BCUT2D eigenvalue weighted by Gasteiger charge is 2.34. The van der Waals surface area contributed by atoms with Crippen LogP contribution in [0.3, 0.4) is 0 Å². The smallest absolute Gasteiger partial charge is 0.326 e. The van der Waals surface area contributed by atoms with Crippen molar-refractivity contribution in [1.29, 1.82) is 0 Å². The van der Waals surface area contributed by atoms with E-state index in [1.165, 1.54) is 0 Å². The quantitative estimate of drug-likeness (QED) is 0.683. The predicted octanol–water partition coefficient (Wildman–Crippen LogP) is 2.06. The molecule has 2 atom stereocenters. The Kier molecular flexibility index (Phi) is 7.02. The summed E-state index contributed by atoms with van der Waals surface area (Å²) in [4.78, 5) is 11.7. The van der Waals surface area contributed by atoms with E-state index in [0.29, 0.717) is 11.9 Å². The number of nitrogens with one attached hydrogen (secondary N) is 1. The van der Waals surface area contributed by atoms with Crippen molar-refractivity contribution in [2.45, 2.75) is 44.9 Å². The number of esters is 1. The van der Waals surface area contributed by atoms with E-state index in [0.717, 1.165) is 12.2 Å². The number of likely N-dealkylation sites (N-methyl/N-ethyl adjacent to an activating group) is 1. The molecule has 0 aliphatic rings. The molecule has 0 heterocycles. The lowest BCUT2D eigenvalue weighted by molar-refractivity contribution is -0.150. The van der Waals surface area contributed by atoms with Crippen LogP contribution in [-0.2, 0) is 9.53 Å². The zero-order chi connectivity index (χ0) is 11.9. The normalized spacial score (nSPS) is 16.9. The molecule has 0 aromatic carbocycles. The number of ether oxygens (including phenoxy) is 1. The van der Waals surface area contributed by atoms with Crippen LogP contribution in [0.25, 0.3) is 0 Å². The third kappa shape index (κ3) is 4.89. The molecule has 0 bridgehead atoms. The molecule has 0 amide bonds. The molecule has 0 aromatic heterocycles. The van der Waals surface area contributed by atoms with E-state index >= 15 is 0 Å². The molecular weight excluding hydrogens is 210 g/mol. The monoisotopic (exact) mass is 233 g/mol. The van der Waals surface area contributed by atoms with Crippen molar-refractivity contribution < 1.29 is 9.53 Å². The molecule has 0 aromatic rings. The first kappa shape index (κ1) is 14.8. The average Bonchev–Trinajstić information content (AvgIpc) is 2.18. The van der Waals surface area contributed by atoms with E-state index in [-0.39, 0.29) is 5.97 Å². The van der Waals surface area contributed by atoms with E-state index in [2.05, 4.69) is 19.2 Å². The Morgan fingerprint density at radius 2 is 2.13 bits per heavy atom. The minimum absolute atomic E-state index is 0.156. The summed E-state index contributed by atoms with van der Waals surface area (Å²) < 4.78 is 5.07. The maximum atomic E-state index is 11.7. The fraction of sp³-hybridized carbons (Fsp3) is 0.909. The Morgan fingerprint density at radius 3 is 2.53 bits per heavy atom. The van der Waals surface area contributed by atoms with Crippen molar-refractivity contribution in [3.8, 4) is 0 Å². The van der Waals surface area contributed by atoms with Crippen LogP contribution >= 0.6 is 11.8 Å². The molecule has 2 unspecified atom stereocenters. The summed E-state index contributed by atoms with van der Waals surface area (Å²) in [7, 11) is 1.81. The van der Waals surface area contributed by atoms with Gasteiger partial charge < -0.3 is 10.1 Å². The molecule has 0 radical (unpaired) electrons. The van der Waals surface area contributed by atoms with Crippen molar-refractivity contribution in [1.82, 2.24) is 5.32 Å². The van der Waals surface area contributed by atoms with E-state index < -0.39 is 5.54 Å². The maximum Gasteiger partial charge on any atom is 0.326 e. The van der Waals surface area contributed by atoms with Gasteiger partial charge in [-0.3, -0.25) is 4.79 Å². The highest BCUT2D eigenvalue weighted by molar-refractivity contribution is 7.99. The van der Waals surface area contributed by atoms with Crippen LogP contribution in [0.1, 0.15) is 34.1 Å². The topological polar surface area (TPSA) is 38.3 Å². The van der Waals surface area contributed by atoms with Crippen LogP contribution < -0.4 is 5.32 Å². The van der Waals surface area contributed by atoms with Gasteiger partial charge in [0.15, 0.2) is 0 Å². The Hall–Kier alpha value is -0.220. The van der Waals surface area contributed by atoms with E-state index in [1.807, 2.05) is 25.6 Å². The Morgan fingerprint density at radius 1 is 1.53 bits per heavy atom. The second-order valence-electron chi connectivity index (χ2n) is 3.77. The highest BCUT2D eigenvalue weighted by atomic mass is 32.2. The average molecular weight is 233 g/mol. The van der Waals surface area contributed by atoms with Gasteiger partial charge in [0.05, 0.1) is 6.61 Å². The van der Waals surface area contributed by atoms with Gasteiger partial charge in [-0.2, -0.15) is 11.8 Å². The highest BCUT2D eigenvalue weighted by Crippen LogP contribution is 2.22. The molecule has 1 N–H and O–H groups in total. The van der Waals surface area contributed by atoms with E-state index in [1.54, 1.807) is 7.05 Å². The van der Waals surface area contributed by atoms with Gasteiger partial charge in [-0.15, -0.1) is 0 Å². The number of hydrogen-bond acceptors (Lipinski definition) is 4. The van der Waals surface area contributed by atoms with Crippen LogP contribution in [0.4, 0.5) is 0 Å². The van der Waals surface area contributed by atoms with Crippen molar-refractivity contribution in [3.05, 3.63) is 0 Å². The molecule has 0 saturated carbocycles. The lowest BCUT2D eigenvalue weighted by Crippen LogP contribution is -2.50. The summed E-state index contributed by atoms with van der Waals surface area (Å²) in [5.74, 6) is 0.917. The van der Waals surface area contributed by atoms with E-state index in [4.69, 9.17) is 4.74 Å². The lowest BCUT2D eigenvalue weighted by atomic mass is 9.96. The number of carbonyl (C=O) groups is 1. The minimum Gasteiger partial charge on any atom is -0.465 e. The first-order chi connectivity index (χ1) is 7.00. The van der Waals surface area contributed by atoms with Gasteiger partial charge in [-0.1, -0.05) is 13.8 Å². The first-order valence-corrected chi connectivity index (χ1v) is 6.52. The van der Waals surface area contributed by atoms with Crippen molar-refractivity contribution >= 4 is 17.7 Å². The Bertz CT molecular complexity index is 199. The molecular formula is C11H23NO2S. The molecule has 0 saturated heterocycles. The molecule has 0 aliphatic carbocycles. The molecule has 90 valence electrons. The van der Waals surface area contributed by atoms with Gasteiger partial charge in [0.2, 0.25) is 0 Å². The molecule has 0 fully saturated rings. The number of carbonyl (C=O) groups excluding carboxylic acids is 1. The third-order valence-corrected chi connectivity index (χ3v) is 3.49.